The average molecular weight is 423 g/mol. The van der Waals surface area contributed by atoms with E-state index >= 15 is 0 Å². The molecular formula is C14H18INO4S. The molecule has 1 fully saturated rings. The summed E-state index contributed by atoms with van der Waals surface area (Å²) in [4.78, 5) is 11.8. The average Bonchev–Trinajstić information content (AvgIpc) is 2.86. The van der Waals surface area contributed by atoms with E-state index in [1.807, 2.05) is 13.8 Å². The number of hydrogen-bond donors (Lipinski definition) is 1. The summed E-state index contributed by atoms with van der Waals surface area (Å²) >= 11 is 2.11. The summed E-state index contributed by atoms with van der Waals surface area (Å²) in [6.45, 7) is 3.94. The molecule has 2 rings (SSSR count). The molecule has 1 aliphatic heterocycles. The predicted molar refractivity (Wildman–Crippen MR) is 87.4 cm³/mol. The molecule has 116 valence electrons. The lowest BCUT2D eigenvalue weighted by Crippen LogP contribution is -2.40. The SMILES string of the molecule is CC(C)C1(C(=O)O)CCN(S(=O)(=O)c2ccc(I)cc2)C1. The van der Waals surface area contributed by atoms with Crippen LogP contribution >= 0.6 is 22.6 Å². The van der Waals surface area contributed by atoms with Crippen LogP contribution in [0.4, 0.5) is 0 Å². The normalized spacial score (nSPS) is 23.6. The van der Waals surface area contributed by atoms with E-state index in [1.165, 1.54) is 4.31 Å². The number of nitrogens with zero attached hydrogens (tertiary/aromatic N) is 1. The quantitative estimate of drug-likeness (QED) is 0.755. The van der Waals surface area contributed by atoms with Crippen LogP contribution in [0.1, 0.15) is 20.3 Å². The fraction of sp³-hybridized carbons (Fsp3) is 0.500. The van der Waals surface area contributed by atoms with Crippen LogP contribution in [0.3, 0.4) is 0 Å². The number of carboxylic acids is 1. The van der Waals surface area contributed by atoms with Gasteiger partial charge in [-0.25, -0.2) is 8.42 Å². The molecule has 5 nitrogen and oxygen atoms in total. The first-order valence-corrected chi connectivity index (χ1v) is 9.21. The molecule has 7 heteroatoms. The molecule has 0 aliphatic carbocycles. The number of benzene rings is 1. The Labute approximate surface area is 138 Å². The smallest absolute Gasteiger partial charge is 0.311 e. The molecule has 1 atom stereocenters. The van der Waals surface area contributed by atoms with Crippen molar-refractivity contribution in [3.63, 3.8) is 0 Å². The zero-order chi connectivity index (χ0) is 15.8. The van der Waals surface area contributed by atoms with E-state index < -0.39 is 21.4 Å². The van der Waals surface area contributed by atoms with E-state index in [0.717, 1.165) is 3.57 Å². The van der Waals surface area contributed by atoms with Crippen LogP contribution in [0.15, 0.2) is 29.2 Å². The number of rotatable bonds is 4. The molecule has 1 aromatic rings. The first-order chi connectivity index (χ1) is 9.70. The summed E-state index contributed by atoms with van der Waals surface area (Å²) in [5, 5.41) is 9.50. The zero-order valence-electron chi connectivity index (χ0n) is 11.9. The Balaban J connectivity index is 2.32. The molecule has 1 unspecified atom stereocenters. The predicted octanol–water partition coefficient (Wildman–Crippen LogP) is 2.41. The highest BCUT2D eigenvalue weighted by Gasteiger charge is 2.50. The van der Waals surface area contributed by atoms with E-state index in [-0.39, 0.29) is 23.9 Å². The summed E-state index contributed by atoms with van der Waals surface area (Å²) in [7, 11) is -3.63. The Hall–Kier alpha value is -0.670. The van der Waals surface area contributed by atoms with Gasteiger partial charge in [0, 0.05) is 16.7 Å². The maximum atomic E-state index is 12.6. The lowest BCUT2D eigenvalue weighted by atomic mass is 9.77. The van der Waals surface area contributed by atoms with Crippen LogP contribution in [-0.4, -0.2) is 36.9 Å². The molecule has 1 saturated heterocycles. The minimum atomic E-state index is -3.63. The summed E-state index contributed by atoms with van der Waals surface area (Å²) in [5.41, 5.74) is -0.990. The van der Waals surface area contributed by atoms with Gasteiger partial charge in [-0.15, -0.1) is 0 Å². The summed E-state index contributed by atoms with van der Waals surface area (Å²) < 4.78 is 27.5. The van der Waals surface area contributed by atoms with Crippen molar-refractivity contribution in [1.82, 2.24) is 4.31 Å². The summed E-state index contributed by atoms with van der Waals surface area (Å²) in [5.74, 6) is -1.04. The van der Waals surface area contributed by atoms with Crippen LogP contribution in [0.5, 0.6) is 0 Å². The molecule has 21 heavy (non-hydrogen) atoms. The van der Waals surface area contributed by atoms with Crippen molar-refractivity contribution >= 4 is 38.6 Å². The van der Waals surface area contributed by atoms with Gasteiger partial charge in [0.05, 0.1) is 10.3 Å². The Morgan fingerprint density at radius 1 is 1.33 bits per heavy atom. The largest absolute Gasteiger partial charge is 0.481 e. The van der Waals surface area contributed by atoms with Crippen molar-refractivity contribution < 1.29 is 18.3 Å². The number of aliphatic carboxylic acids is 1. The lowest BCUT2D eigenvalue weighted by molar-refractivity contribution is -0.150. The number of sulfonamides is 1. The third-order valence-electron chi connectivity index (χ3n) is 4.25. The van der Waals surface area contributed by atoms with Gasteiger partial charge in [0.2, 0.25) is 10.0 Å². The molecular weight excluding hydrogens is 405 g/mol. The van der Waals surface area contributed by atoms with Gasteiger partial charge in [0.1, 0.15) is 0 Å². The third kappa shape index (κ3) is 2.95. The summed E-state index contributed by atoms with van der Waals surface area (Å²) in [6.07, 6.45) is 0.351. The number of halogens is 1. The minimum absolute atomic E-state index is 0.0360. The van der Waals surface area contributed by atoms with E-state index in [4.69, 9.17) is 0 Å². The van der Waals surface area contributed by atoms with Crippen LogP contribution in [0.2, 0.25) is 0 Å². The van der Waals surface area contributed by atoms with Crippen LogP contribution in [0.25, 0.3) is 0 Å². The Bertz CT molecular complexity index is 641. The second-order valence-corrected chi connectivity index (χ2v) is 8.84. The minimum Gasteiger partial charge on any atom is -0.481 e. The monoisotopic (exact) mass is 423 g/mol. The number of carboxylic acid groups (broad SMARTS) is 1. The van der Waals surface area contributed by atoms with Gasteiger partial charge >= 0.3 is 5.97 Å². The van der Waals surface area contributed by atoms with Crippen molar-refractivity contribution in [1.29, 1.82) is 0 Å². The van der Waals surface area contributed by atoms with E-state index in [0.29, 0.717) is 6.42 Å². The van der Waals surface area contributed by atoms with Crippen molar-refractivity contribution in [2.75, 3.05) is 13.1 Å². The highest BCUT2D eigenvalue weighted by atomic mass is 127. The highest BCUT2D eigenvalue weighted by molar-refractivity contribution is 14.1. The lowest BCUT2D eigenvalue weighted by Gasteiger charge is -2.28. The van der Waals surface area contributed by atoms with Gasteiger partial charge in [0.15, 0.2) is 0 Å². The molecule has 0 amide bonds. The molecule has 0 bridgehead atoms. The first kappa shape index (κ1) is 16.7. The van der Waals surface area contributed by atoms with Crippen molar-refractivity contribution in [2.24, 2.45) is 11.3 Å². The molecule has 0 spiro atoms. The fourth-order valence-corrected chi connectivity index (χ4v) is 4.52. The second-order valence-electron chi connectivity index (χ2n) is 5.66. The Morgan fingerprint density at radius 2 is 1.90 bits per heavy atom. The van der Waals surface area contributed by atoms with Crippen molar-refractivity contribution in [2.45, 2.75) is 25.2 Å². The van der Waals surface area contributed by atoms with Gasteiger partial charge < -0.3 is 5.11 Å². The Morgan fingerprint density at radius 3 is 2.33 bits per heavy atom. The third-order valence-corrected chi connectivity index (χ3v) is 6.83. The second kappa shape index (κ2) is 5.85. The first-order valence-electron chi connectivity index (χ1n) is 6.69. The maximum absolute atomic E-state index is 12.6. The van der Waals surface area contributed by atoms with Crippen LogP contribution in [-0.2, 0) is 14.8 Å². The molecule has 1 aliphatic rings. The topological polar surface area (TPSA) is 74.7 Å². The Kier molecular flexibility index (Phi) is 4.65. The molecule has 0 aromatic heterocycles. The van der Waals surface area contributed by atoms with Crippen molar-refractivity contribution in [3.05, 3.63) is 27.8 Å². The fourth-order valence-electron chi connectivity index (χ4n) is 2.65. The van der Waals surface area contributed by atoms with Crippen LogP contribution < -0.4 is 0 Å². The number of hydrogen-bond acceptors (Lipinski definition) is 3. The van der Waals surface area contributed by atoms with Gasteiger partial charge in [-0.3, -0.25) is 4.79 Å². The summed E-state index contributed by atoms with van der Waals surface area (Å²) in [6, 6.07) is 6.59. The zero-order valence-corrected chi connectivity index (χ0v) is 14.9. The molecule has 0 saturated carbocycles. The van der Waals surface area contributed by atoms with Crippen molar-refractivity contribution in [3.8, 4) is 0 Å². The maximum Gasteiger partial charge on any atom is 0.311 e. The van der Waals surface area contributed by atoms with E-state index in [2.05, 4.69) is 22.6 Å². The highest BCUT2D eigenvalue weighted by Crippen LogP contribution is 2.40. The molecule has 1 N–H and O–H groups in total. The van der Waals surface area contributed by atoms with Gasteiger partial charge in [-0.2, -0.15) is 4.31 Å². The molecule has 1 heterocycles. The van der Waals surface area contributed by atoms with Gasteiger partial charge in [-0.1, -0.05) is 13.8 Å². The molecule has 1 aromatic carbocycles. The molecule has 0 radical (unpaired) electrons. The van der Waals surface area contributed by atoms with E-state index in [9.17, 15) is 18.3 Å². The van der Waals surface area contributed by atoms with E-state index in [1.54, 1.807) is 24.3 Å². The van der Waals surface area contributed by atoms with Crippen LogP contribution in [0, 0.1) is 14.9 Å². The standard InChI is InChI=1S/C14H18INO4S/c1-10(2)14(13(17)18)7-8-16(9-14)21(19,20)12-5-3-11(15)4-6-12/h3-6,10H,7-9H2,1-2H3,(H,17,18). The van der Waals surface area contributed by atoms with Gasteiger partial charge in [0.25, 0.3) is 0 Å². The van der Waals surface area contributed by atoms with Gasteiger partial charge in [-0.05, 0) is 59.2 Å². The number of carbonyl (C=O) groups is 1.